The van der Waals surface area contributed by atoms with E-state index >= 15 is 0 Å². The second-order valence-electron chi connectivity index (χ2n) is 4.58. The molecule has 0 radical (unpaired) electrons. The lowest BCUT2D eigenvalue weighted by molar-refractivity contribution is 0.0940. The number of benzene rings is 1. The standard InChI is InChI=1S/C13H14N4O/c1-8-14-12(17-16-8)13(18)15-11-7-10(11)9-5-3-2-4-6-9/h2-6,10-11H,7H2,1H3,(H,15,18)(H,14,16,17). The van der Waals surface area contributed by atoms with E-state index in [1.165, 1.54) is 5.56 Å². The molecule has 5 heteroatoms. The number of rotatable bonds is 3. The largest absolute Gasteiger partial charge is 0.346 e. The van der Waals surface area contributed by atoms with E-state index in [0.717, 1.165) is 6.42 Å². The van der Waals surface area contributed by atoms with Crippen LogP contribution < -0.4 is 5.32 Å². The summed E-state index contributed by atoms with van der Waals surface area (Å²) in [6.07, 6.45) is 0.985. The lowest BCUT2D eigenvalue weighted by atomic mass is 10.1. The van der Waals surface area contributed by atoms with Crippen molar-refractivity contribution < 1.29 is 4.79 Å². The number of hydrogen-bond donors (Lipinski definition) is 2. The van der Waals surface area contributed by atoms with Crippen LogP contribution in [-0.2, 0) is 0 Å². The molecule has 0 aliphatic heterocycles. The van der Waals surface area contributed by atoms with Gasteiger partial charge in [-0.05, 0) is 18.9 Å². The Bertz CT molecular complexity index is 563. The number of aromatic amines is 1. The molecule has 0 bridgehead atoms. The van der Waals surface area contributed by atoms with Crippen molar-refractivity contribution >= 4 is 5.91 Å². The van der Waals surface area contributed by atoms with Crippen LogP contribution in [0.1, 0.15) is 34.3 Å². The van der Waals surface area contributed by atoms with Crippen LogP contribution in [0.4, 0.5) is 0 Å². The van der Waals surface area contributed by atoms with Gasteiger partial charge in [-0.1, -0.05) is 30.3 Å². The van der Waals surface area contributed by atoms with Crippen molar-refractivity contribution in [1.29, 1.82) is 0 Å². The first-order chi connectivity index (χ1) is 8.74. The highest BCUT2D eigenvalue weighted by molar-refractivity contribution is 5.90. The van der Waals surface area contributed by atoms with Crippen molar-refractivity contribution in [3.63, 3.8) is 0 Å². The number of nitrogens with zero attached hydrogens (tertiary/aromatic N) is 2. The second-order valence-corrected chi connectivity index (χ2v) is 4.58. The molecule has 1 heterocycles. The molecule has 0 saturated heterocycles. The van der Waals surface area contributed by atoms with E-state index in [1.807, 2.05) is 18.2 Å². The van der Waals surface area contributed by atoms with Crippen molar-refractivity contribution in [1.82, 2.24) is 20.5 Å². The lowest BCUT2D eigenvalue weighted by Crippen LogP contribution is -2.27. The number of carbonyl (C=O) groups is 1. The molecule has 0 spiro atoms. The van der Waals surface area contributed by atoms with Gasteiger partial charge in [0.1, 0.15) is 5.82 Å². The van der Waals surface area contributed by atoms with Crippen molar-refractivity contribution in [2.24, 2.45) is 0 Å². The first kappa shape index (κ1) is 11.0. The fourth-order valence-electron chi connectivity index (χ4n) is 2.10. The monoisotopic (exact) mass is 242 g/mol. The Morgan fingerprint density at radius 1 is 1.39 bits per heavy atom. The molecule has 2 N–H and O–H groups in total. The quantitative estimate of drug-likeness (QED) is 0.854. The number of aryl methyl sites for hydroxylation is 1. The second kappa shape index (κ2) is 4.25. The molecule has 1 aromatic heterocycles. The van der Waals surface area contributed by atoms with Crippen molar-refractivity contribution in [3.05, 3.63) is 47.5 Å². The summed E-state index contributed by atoms with van der Waals surface area (Å²) < 4.78 is 0. The summed E-state index contributed by atoms with van der Waals surface area (Å²) in [4.78, 5) is 15.8. The number of aromatic nitrogens is 3. The van der Waals surface area contributed by atoms with Crippen molar-refractivity contribution in [2.75, 3.05) is 0 Å². The molecule has 1 aliphatic rings. The Balaban J connectivity index is 1.62. The third kappa shape index (κ3) is 2.11. The van der Waals surface area contributed by atoms with Crippen LogP contribution in [0.3, 0.4) is 0 Å². The molecule has 1 saturated carbocycles. The Kier molecular flexibility index (Phi) is 2.59. The first-order valence-corrected chi connectivity index (χ1v) is 5.99. The van der Waals surface area contributed by atoms with Gasteiger partial charge in [-0.3, -0.25) is 9.89 Å². The van der Waals surface area contributed by atoms with E-state index in [-0.39, 0.29) is 17.8 Å². The topological polar surface area (TPSA) is 70.7 Å². The molecule has 1 fully saturated rings. The zero-order valence-corrected chi connectivity index (χ0v) is 10.1. The number of hydrogen-bond acceptors (Lipinski definition) is 3. The Labute approximate surface area is 105 Å². The minimum atomic E-state index is -0.206. The van der Waals surface area contributed by atoms with E-state index < -0.39 is 0 Å². The zero-order valence-electron chi connectivity index (χ0n) is 10.1. The van der Waals surface area contributed by atoms with E-state index in [9.17, 15) is 4.79 Å². The zero-order chi connectivity index (χ0) is 12.5. The van der Waals surface area contributed by atoms with Gasteiger partial charge in [0, 0.05) is 12.0 Å². The highest BCUT2D eigenvalue weighted by Gasteiger charge is 2.39. The maximum Gasteiger partial charge on any atom is 0.291 e. The summed E-state index contributed by atoms with van der Waals surface area (Å²) in [5.74, 6) is 1.08. The summed E-state index contributed by atoms with van der Waals surface area (Å²) in [5, 5.41) is 9.46. The molecule has 3 rings (SSSR count). The molecule has 2 aromatic rings. The first-order valence-electron chi connectivity index (χ1n) is 5.99. The third-order valence-corrected chi connectivity index (χ3v) is 3.13. The molecule has 1 aromatic carbocycles. The third-order valence-electron chi connectivity index (χ3n) is 3.13. The predicted molar refractivity (Wildman–Crippen MR) is 66.2 cm³/mol. The van der Waals surface area contributed by atoms with Crippen LogP contribution in [0.2, 0.25) is 0 Å². The van der Waals surface area contributed by atoms with Gasteiger partial charge in [0.2, 0.25) is 5.82 Å². The van der Waals surface area contributed by atoms with Gasteiger partial charge in [0.05, 0.1) is 0 Å². The van der Waals surface area contributed by atoms with Gasteiger partial charge in [-0.25, -0.2) is 4.98 Å². The number of H-pyrrole nitrogens is 1. The van der Waals surface area contributed by atoms with Gasteiger partial charge in [0.15, 0.2) is 0 Å². The van der Waals surface area contributed by atoms with Crippen molar-refractivity contribution in [2.45, 2.75) is 25.3 Å². The lowest BCUT2D eigenvalue weighted by Gasteiger charge is -2.01. The normalized spacial score (nSPS) is 21.6. The van der Waals surface area contributed by atoms with Crippen LogP contribution >= 0.6 is 0 Å². The van der Waals surface area contributed by atoms with Crippen LogP contribution in [0.25, 0.3) is 0 Å². The molecular formula is C13H14N4O. The van der Waals surface area contributed by atoms with Gasteiger partial charge in [-0.2, -0.15) is 0 Å². The van der Waals surface area contributed by atoms with Gasteiger partial charge < -0.3 is 5.32 Å². The van der Waals surface area contributed by atoms with Gasteiger partial charge in [0.25, 0.3) is 5.91 Å². The fourth-order valence-corrected chi connectivity index (χ4v) is 2.10. The molecular weight excluding hydrogens is 228 g/mol. The van der Waals surface area contributed by atoms with Crippen molar-refractivity contribution in [3.8, 4) is 0 Å². The number of carbonyl (C=O) groups excluding carboxylic acids is 1. The smallest absolute Gasteiger partial charge is 0.291 e. The van der Waals surface area contributed by atoms with E-state index in [1.54, 1.807) is 6.92 Å². The number of nitrogens with one attached hydrogen (secondary N) is 2. The maximum atomic E-state index is 11.8. The molecule has 1 amide bonds. The summed E-state index contributed by atoms with van der Waals surface area (Å²) >= 11 is 0. The molecule has 2 atom stereocenters. The van der Waals surface area contributed by atoms with Gasteiger partial charge in [-0.15, -0.1) is 5.10 Å². The Morgan fingerprint density at radius 3 is 2.83 bits per heavy atom. The van der Waals surface area contributed by atoms with E-state index in [4.69, 9.17) is 0 Å². The minimum absolute atomic E-state index is 0.206. The summed E-state index contributed by atoms with van der Waals surface area (Å²) in [5.41, 5.74) is 1.27. The Hall–Kier alpha value is -2.17. The summed E-state index contributed by atoms with van der Waals surface area (Å²) in [7, 11) is 0. The molecule has 18 heavy (non-hydrogen) atoms. The Morgan fingerprint density at radius 2 is 2.17 bits per heavy atom. The van der Waals surface area contributed by atoms with Gasteiger partial charge >= 0.3 is 0 Å². The number of amides is 1. The minimum Gasteiger partial charge on any atom is -0.346 e. The van der Waals surface area contributed by atoms with Crippen LogP contribution in [0.15, 0.2) is 30.3 Å². The van der Waals surface area contributed by atoms with Crippen LogP contribution in [0, 0.1) is 6.92 Å². The molecule has 2 unspecified atom stereocenters. The predicted octanol–water partition coefficient (Wildman–Crippen LogP) is 1.40. The molecule has 5 nitrogen and oxygen atoms in total. The fraction of sp³-hybridized carbons (Fsp3) is 0.308. The van der Waals surface area contributed by atoms with E-state index in [0.29, 0.717) is 11.7 Å². The average molecular weight is 242 g/mol. The SMILES string of the molecule is Cc1nc(C(=O)NC2CC2c2ccccc2)n[nH]1. The van der Waals surface area contributed by atoms with E-state index in [2.05, 4.69) is 32.6 Å². The highest BCUT2D eigenvalue weighted by atomic mass is 16.2. The van der Waals surface area contributed by atoms with Crippen LogP contribution in [-0.4, -0.2) is 27.1 Å². The summed E-state index contributed by atoms with van der Waals surface area (Å²) in [6.45, 7) is 1.77. The van der Waals surface area contributed by atoms with Crippen LogP contribution in [0.5, 0.6) is 0 Å². The molecule has 1 aliphatic carbocycles. The summed E-state index contributed by atoms with van der Waals surface area (Å²) in [6, 6.07) is 10.4. The molecule has 92 valence electrons. The average Bonchev–Trinajstić information content (AvgIpc) is 3.01. The highest BCUT2D eigenvalue weighted by Crippen LogP contribution is 2.40. The maximum absolute atomic E-state index is 11.8.